The third kappa shape index (κ3) is 5.17. The molecule has 114 valence electrons. The number of carbonyl (C=O) groups excluding carboxylic acids is 2. The van der Waals surface area contributed by atoms with Crippen molar-refractivity contribution in [3.63, 3.8) is 0 Å². The molecule has 0 saturated heterocycles. The summed E-state index contributed by atoms with van der Waals surface area (Å²) in [6.45, 7) is 0. The van der Waals surface area contributed by atoms with Gasteiger partial charge in [0.1, 0.15) is 6.04 Å². The molecule has 0 aliphatic carbocycles. The number of hydrogen-bond acceptors (Lipinski definition) is 3. The van der Waals surface area contributed by atoms with Gasteiger partial charge in [0.05, 0.1) is 6.42 Å². The Balaban J connectivity index is 2.67. The van der Waals surface area contributed by atoms with Crippen LogP contribution in [0.15, 0.2) is 18.2 Å². The van der Waals surface area contributed by atoms with Crippen molar-refractivity contribution in [3.8, 4) is 0 Å². The predicted molar refractivity (Wildman–Crippen MR) is 68.1 cm³/mol. The second kappa shape index (κ2) is 7.32. The van der Waals surface area contributed by atoms with Crippen LogP contribution in [0.5, 0.6) is 0 Å². The number of carbonyl (C=O) groups is 3. The van der Waals surface area contributed by atoms with Gasteiger partial charge in [-0.3, -0.25) is 9.59 Å². The predicted octanol–water partition coefficient (Wildman–Crippen LogP) is 0.342. The van der Waals surface area contributed by atoms with Crippen LogP contribution in [0.2, 0.25) is 0 Å². The Bertz CT molecular complexity index is 563. The van der Waals surface area contributed by atoms with Crippen LogP contribution >= 0.6 is 0 Å². The Morgan fingerprint density at radius 2 is 1.95 bits per heavy atom. The summed E-state index contributed by atoms with van der Waals surface area (Å²) in [4.78, 5) is 33.2. The lowest BCUT2D eigenvalue weighted by molar-refractivity contribution is -0.142. The van der Waals surface area contributed by atoms with E-state index in [4.69, 9.17) is 10.8 Å². The minimum Gasteiger partial charge on any atom is -0.480 e. The van der Waals surface area contributed by atoms with Crippen LogP contribution in [-0.2, 0) is 20.8 Å². The van der Waals surface area contributed by atoms with Crippen LogP contribution in [0.25, 0.3) is 0 Å². The Morgan fingerprint density at radius 1 is 1.29 bits per heavy atom. The number of amides is 2. The van der Waals surface area contributed by atoms with Crippen LogP contribution < -0.4 is 11.1 Å². The van der Waals surface area contributed by atoms with Crippen molar-refractivity contribution in [2.24, 2.45) is 5.73 Å². The summed E-state index contributed by atoms with van der Waals surface area (Å²) in [6.07, 6.45) is -0.905. The molecule has 0 heterocycles. The lowest BCUT2D eigenvalue weighted by Gasteiger charge is -2.14. The first-order valence-corrected chi connectivity index (χ1v) is 6.04. The van der Waals surface area contributed by atoms with E-state index < -0.39 is 41.9 Å². The van der Waals surface area contributed by atoms with Crippen molar-refractivity contribution in [1.29, 1.82) is 0 Å². The summed E-state index contributed by atoms with van der Waals surface area (Å²) < 4.78 is 26.4. The molecule has 0 bridgehead atoms. The quantitative estimate of drug-likeness (QED) is 0.674. The Morgan fingerprint density at radius 3 is 2.52 bits per heavy atom. The van der Waals surface area contributed by atoms with Gasteiger partial charge in [0.15, 0.2) is 11.6 Å². The molecular formula is C13H14F2N2O4. The normalized spacial score (nSPS) is 11.7. The molecule has 1 rings (SSSR count). The van der Waals surface area contributed by atoms with Gasteiger partial charge in [-0.05, 0) is 12.5 Å². The van der Waals surface area contributed by atoms with E-state index >= 15 is 0 Å². The van der Waals surface area contributed by atoms with Gasteiger partial charge in [0, 0.05) is 12.0 Å². The molecule has 2 amide bonds. The zero-order valence-corrected chi connectivity index (χ0v) is 10.9. The fourth-order valence-corrected chi connectivity index (χ4v) is 1.65. The lowest BCUT2D eigenvalue weighted by atomic mass is 10.1. The van der Waals surface area contributed by atoms with Crippen molar-refractivity contribution >= 4 is 17.8 Å². The number of rotatable bonds is 7. The van der Waals surface area contributed by atoms with Gasteiger partial charge in [-0.1, -0.05) is 12.1 Å². The number of nitrogens with two attached hydrogens (primary N) is 1. The minimum absolute atomic E-state index is 0.179. The standard InChI is InChI=1S/C13H14F2N2O4/c14-8-3-1-2-7(12(8)15)6-11(19)17-9(13(20)21)4-5-10(16)18/h1-3,9H,4-6H2,(H2,16,18)(H,17,19)(H,20,21)/t9-/m1/s1. The number of primary amides is 1. The smallest absolute Gasteiger partial charge is 0.326 e. The molecule has 1 aromatic carbocycles. The summed E-state index contributed by atoms with van der Waals surface area (Å²) >= 11 is 0. The topological polar surface area (TPSA) is 109 Å². The summed E-state index contributed by atoms with van der Waals surface area (Å²) in [7, 11) is 0. The van der Waals surface area contributed by atoms with Gasteiger partial charge in [0.2, 0.25) is 11.8 Å². The molecular weight excluding hydrogens is 286 g/mol. The Kier molecular flexibility index (Phi) is 5.77. The van der Waals surface area contributed by atoms with Crippen LogP contribution in [0.1, 0.15) is 18.4 Å². The largest absolute Gasteiger partial charge is 0.480 e. The highest BCUT2D eigenvalue weighted by atomic mass is 19.2. The number of carboxylic acids is 1. The highest BCUT2D eigenvalue weighted by Crippen LogP contribution is 2.12. The van der Waals surface area contributed by atoms with Gasteiger partial charge >= 0.3 is 5.97 Å². The van der Waals surface area contributed by atoms with Crippen molar-refractivity contribution in [1.82, 2.24) is 5.32 Å². The number of benzene rings is 1. The van der Waals surface area contributed by atoms with E-state index in [1.807, 2.05) is 0 Å². The Hall–Kier alpha value is -2.51. The van der Waals surface area contributed by atoms with Crippen molar-refractivity contribution < 1.29 is 28.3 Å². The van der Waals surface area contributed by atoms with Gasteiger partial charge < -0.3 is 16.2 Å². The van der Waals surface area contributed by atoms with E-state index in [-0.39, 0.29) is 18.4 Å². The SMILES string of the molecule is NC(=O)CC[C@@H](NC(=O)Cc1cccc(F)c1F)C(=O)O. The number of nitrogens with one attached hydrogen (secondary N) is 1. The summed E-state index contributed by atoms with van der Waals surface area (Å²) in [6, 6.07) is 2.05. The maximum atomic E-state index is 13.4. The van der Waals surface area contributed by atoms with Crippen molar-refractivity contribution in [3.05, 3.63) is 35.4 Å². The van der Waals surface area contributed by atoms with E-state index in [2.05, 4.69) is 5.32 Å². The average molecular weight is 300 g/mol. The monoisotopic (exact) mass is 300 g/mol. The first-order valence-electron chi connectivity index (χ1n) is 6.04. The zero-order valence-electron chi connectivity index (χ0n) is 10.9. The van der Waals surface area contributed by atoms with Crippen LogP contribution in [-0.4, -0.2) is 28.9 Å². The second-order valence-electron chi connectivity index (χ2n) is 4.35. The summed E-state index contributed by atoms with van der Waals surface area (Å²) in [5, 5.41) is 11.0. The highest BCUT2D eigenvalue weighted by molar-refractivity contribution is 5.85. The molecule has 0 unspecified atom stereocenters. The third-order valence-electron chi connectivity index (χ3n) is 2.70. The van der Waals surface area contributed by atoms with Gasteiger partial charge in [-0.15, -0.1) is 0 Å². The molecule has 21 heavy (non-hydrogen) atoms. The second-order valence-corrected chi connectivity index (χ2v) is 4.35. The van der Waals surface area contributed by atoms with E-state index in [0.717, 1.165) is 6.07 Å². The van der Waals surface area contributed by atoms with Gasteiger partial charge in [0.25, 0.3) is 0 Å². The molecule has 0 aliphatic rings. The molecule has 0 radical (unpaired) electrons. The van der Waals surface area contributed by atoms with Gasteiger partial charge in [-0.2, -0.15) is 0 Å². The first-order chi connectivity index (χ1) is 9.81. The molecule has 0 fully saturated rings. The minimum atomic E-state index is -1.34. The van der Waals surface area contributed by atoms with Crippen molar-refractivity contribution in [2.75, 3.05) is 0 Å². The number of aliphatic carboxylic acids is 1. The molecule has 0 saturated carbocycles. The molecule has 1 aromatic rings. The van der Waals surface area contributed by atoms with E-state index in [1.165, 1.54) is 12.1 Å². The van der Waals surface area contributed by atoms with Crippen LogP contribution in [0, 0.1) is 11.6 Å². The fourth-order valence-electron chi connectivity index (χ4n) is 1.65. The zero-order chi connectivity index (χ0) is 16.0. The van der Waals surface area contributed by atoms with Crippen LogP contribution in [0.3, 0.4) is 0 Å². The molecule has 0 spiro atoms. The molecule has 0 aliphatic heterocycles. The van der Waals surface area contributed by atoms with E-state index in [9.17, 15) is 23.2 Å². The summed E-state index contributed by atoms with van der Waals surface area (Å²) in [5.74, 6) is -5.09. The molecule has 8 heteroatoms. The molecule has 4 N–H and O–H groups in total. The van der Waals surface area contributed by atoms with E-state index in [0.29, 0.717) is 0 Å². The number of hydrogen-bond donors (Lipinski definition) is 3. The number of carboxylic acid groups (broad SMARTS) is 1. The average Bonchev–Trinajstić information content (AvgIpc) is 2.39. The van der Waals surface area contributed by atoms with Gasteiger partial charge in [-0.25, -0.2) is 13.6 Å². The maximum absolute atomic E-state index is 13.4. The van der Waals surface area contributed by atoms with Crippen LogP contribution in [0.4, 0.5) is 8.78 Å². The summed E-state index contributed by atoms with van der Waals surface area (Å²) in [5.41, 5.74) is 4.71. The molecule has 0 aromatic heterocycles. The molecule has 6 nitrogen and oxygen atoms in total. The van der Waals surface area contributed by atoms with Crippen molar-refractivity contribution in [2.45, 2.75) is 25.3 Å². The fraction of sp³-hybridized carbons (Fsp3) is 0.308. The van der Waals surface area contributed by atoms with E-state index in [1.54, 1.807) is 0 Å². The maximum Gasteiger partial charge on any atom is 0.326 e. The molecule has 1 atom stereocenters. The highest BCUT2D eigenvalue weighted by Gasteiger charge is 2.21. The lowest BCUT2D eigenvalue weighted by Crippen LogP contribution is -2.42. The Labute approximate surface area is 118 Å². The third-order valence-corrected chi connectivity index (χ3v) is 2.70. The first kappa shape index (κ1) is 16.5. The number of halogens is 2.